The van der Waals surface area contributed by atoms with Crippen LogP contribution in [0.4, 0.5) is 5.69 Å². The van der Waals surface area contributed by atoms with Crippen LogP contribution in [0.1, 0.15) is 24.0 Å². The van der Waals surface area contributed by atoms with E-state index in [1.165, 1.54) is 36.1 Å². The van der Waals surface area contributed by atoms with Gasteiger partial charge >= 0.3 is 0 Å². The molecule has 0 unspecified atom stereocenters. The van der Waals surface area contributed by atoms with E-state index in [0.717, 1.165) is 19.1 Å². The summed E-state index contributed by atoms with van der Waals surface area (Å²) >= 11 is 0. The lowest BCUT2D eigenvalue weighted by molar-refractivity contribution is 0.317. The van der Waals surface area contributed by atoms with E-state index in [2.05, 4.69) is 35.5 Å². The summed E-state index contributed by atoms with van der Waals surface area (Å²) in [4.78, 5) is 2.48. The predicted octanol–water partition coefficient (Wildman–Crippen LogP) is 2.67. The van der Waals surface area contributed by atoms with E-state index < -0.39 is 0 Å². The molecule has 2 aliphatic rings. The Kier molecular flexibility index (Phi) is 3.41. The first-order chi connectivity index (χ1) is 7.34. The van der Waals surface area contributed by atoms with Crippen molar-refractivity contribution in [1.82, 2.24) is 4.90 Å². The topological polar surface area (TPSA) is 15.3 Å². The minimum Gasteiger partial charge on any atom is -0.384 e. The summed E-state index contributed by atoms with van der Waals surface area (Å²) in [6.45, 7) is 2.21. The number of hydrogen-bond donors (Lipinski definition) is 1. The van der Waals surface area contributed by atoms with Crippen molar-refractivity contribution in [3.05, 3.63) is 29.3 Å². The average Bonchev–Trinajstić information content (AvgIpc) is 2.97. The van der Waals surface area contributed by atoms with Crippen LogP contribution in [0.2, 0.25) is 0 Å². The highest BCUT2D eigenvalue weighted by molar-refractivity contribution is 5.85. The van der Waals surface area contributed by atoms with Gasteiger partial charge in [-0.3, -0.25) is 4.90 Å². The first-order valence-corrected chi connectivity index (χ1v) is 5.89. The summed E-state index contributed by atoms with van der Waals surface area (Å²) in [5.41, 5.74) is 4.38. The van der Waals surface area contributed by atoms with Crippen LogP contribution in [0.5, 0.6) is 0 Å². The molecule has 1 fully saturated rings. The number of para-hydroxylation sites is 1. The van der Waals surface area contributed by atoms with E-state index in [9.17, 15) is 0 Å². The van der Waals surface area contributed by atoms with Crippen LogP contribution < -0.4 is 5.32 Å². The Labute approximate surface area is 103 Å². The number of benzene rings is 1. The number of nitrogens with zero attached hydrogens (tertiary/aromatic N) is 1. The molecule has 0 radical (unpaired) electrons. The van der Waals surface area contributed by atoms with Gasteiger partial charge in [0, 0.05) is 24.8 Å². The fourth-order valence-electron chi connectivity index (χ4n) is 2.46. The molecular weight excluding hydrogens is 220 g/mol. The molecule has 1 saturated carbocycles. The van der Waals surface area contributed by atoms with Gasteiger partial charge in [0.2, 0.25) is 0 Å². The number of nitrogens with one attached hydrogen (secondary N) is 1. The zero-order chi connectivity index (χ0) is 10.3. The summed E-state index contributed by atoms with van der Waals surface area (Å²) in [5.74, 6) is 0. The average molecular weight is 239 g/mol. The SMILES string of the molecule is CN(Cc1cccc2c1NCC2)C1CC1.Cl. The van der Waals surface area contributed by atoms with Gasteiger partial charge in [0.15, 0.2) is 0 Å². The van der Waals surface area contributed by atoms with E-state index >= 15 is 0 Å². The highest BCUT2D eigenvalue weighted by Crippen LogP contribution is 2.31. The van der Waals surface area contributed by atoms with Gasteiger partial charge < -0.3 is 5.32 Å². The molecule has 0 atom stereocenters. The van der Waals surface area contributed by atoms with E-state index in [4.69, 9.17) is 0 Å². The zero-order valence-corrected chi connectivity index (χ0v) is 10.5. The van der Waals surface area contributed by atoms with Crippen LogP contribution >= 0.6 is 12.4 Å². The van der Waals surface area contributed by atoms with Crippen LogP contribution in [0.15, 0.2) is 18.2 Å². The molecule has 1 aliphatic heterocycles. The van der Waals surface area contributed by atoms with Crippen molar-refractivity contribution < 1.29 is 0 Å². The molecular formula is C13H19ClN2. The smallest absolute Gasteiger partial charge is 0.0419 e. The van der Waals surface area contributed by atoms with Gasteiger partial charge in [-0.25, -0.2) is 0 Å². The second-order valence-corrected chi connectivity index (χ2v) is 4.77. The highest BCUT2D eigenvalue weighted by atomic mass is 35.5. The van der Waals surface area contributed by atoms with Crippen LogP contribution in [-0.4, -0.2) is 24.5 Å². The molecule has 3 rings (SSSR count). The molecule has 0 saturated heterocycles. The second-order valence-electron chi connectivity index (χ2n) is 4.77. The Morgan fingerprint density at radius 3 is 2.94 bits per heavy atom. The summed E-state index contributed by atoms with van der Waals surface area (Å²) in [6.07, 6.45) is 3.97. The number of anilines is 1. The summed E-state index contributed by atoms with van der Waals surface area (Å²) < 4.78 is 0. The minimum absolute atomic E-state index is 0. The van der Waals surface area contributed by atoms with Crippen molar-refractivity contribution in [3.63, 3.8) is 0 Å². The van der Waals surface area contributed by atoms with Gasteiger partial charge in [-0.05, 0) is 37.4 Å². The van der Waals surface area contributed by atoms with Crippen LogP contribution in [0.3, 0.4) is 0 Å². The Hall–Kier alpha value is -0.730. The first kappa shape index (κ1) is 11.7. The monoisotopic (exact) mass is 238 g/mol. The molecule has 1 N–H and O–H groups in total. The molecule has 0 aromatic heterocycles. The van der Waals surface area contributed by atoms with Gasteiger partial charge in [0.25, 0.3) is 0 Å². The number of halogens is 1. The molecule has 1 aromatic carbocycles. The summed E-state index contributed by atoms with van der Waals surface area (Å²) in [7, 11) is 2.24. The van der Waals surface area contributed by atoms with Crippen molar-refractivity contribution in [2.45, 2.75) is 31.8 Å². The molecule has 1 heterocycles. The van der Waals surface area contributed by atoms with Gasteiger partial charge in [-0.15, -0.1) is 12.4 Å². The van der Waals surface area contributed by atoms with Crippen molar-refractivity contribution >= 4 is 18.1 Å². The van der Waals surface area contributed by atoms with Crippen LogP contribution in [-0.2, 0) is 13.0 Å². The third-order valence-corrected chi connectivity index (χ3v) is 3.52. The Bertz CT molecular complexity index is 374. The van der Waals surface area contributed by atoms with E-state index in [0.29, 0.717) is 0 Å². The highest BCUT2D eigenvalue weighted by Gasteiger charge is 2.26. The summed E-state index contributed by atoms with van der Waals surface area (Å²) in [6, 6.07) is 7.55. The van der Waals surface area contributed by atoms with E-state index in [-0.39, 0.29) is 12.4 Å². The standard InChI is InChI=1S/C13H18N2.ClH/c1-15(12-5-6-12)9-11-4-2-3-10-7-8-14-13(10)11;/h2-4,12,14H,5-9H2,1H3;1H. The maximum absolute atomic E-state index is 3.51. The molecule has 1 aliphatic carbocycles. The second kappa shape index (κ2) is 4.64. The fourth-order valence-corrected chi connectivity index (χ4v) is 2.46. The fraction of sp³-hybridized carbons (Fsp3) is 0.538. The Morgan fingerprint density at radius 1 is 1.38 bits per heavy atom. The molecule has 16 heavy (non-hydrogen) atoms. The normalized spacial score (nSPS) is 17.9. The third-order valence-electron chi connectivity index (χ3n) is 3.52. The van der Waals surface area contributed by atoms with Crippen molar-refractivity contribution in [3.8, 4) is 0 Å². The van der Waals surface area contributed by atoms with Gasteiger partial charge in [-0.1, -0.05) is 18.2 Å². The van der Waals surface area contributed by atoms with E-state index in [1.54, 1.807) is 0 Å². The van der Waals surface area contributed by atoms with Crippen molar-refractivity contribution in [2.24, 2.45) is 0 Å². The molecule has 88 valence electrons. The Balaban J connectivity index is 0.000000963. The zero-order valence-electron chi connectivity index (χ0n) is 9.70. The molecule has 0 amide bonds. The van der Waals surface area contributed by atoms with Crippen molar-refractivity contribution in [1.29, 1.82) is 0 Å². The molecule has 0 spiro atoms. The number of fused-ring (bicyclic) bond motifs is 1. The van der Waals surface area contributed by atoms with E-state index in [1.807, 2.05) is 0 Å². The third kappa shape index (κ3) is 2.18. The maximum atomic E-state index is 3.51. The lowest BCUT2D eigenvalue weighted by atomic mass is 10.1. The maximum Gasteiger partial charge on any atom is 0.0419 e. The lowest BCUT2D eigenvalue weighted by Gasteiger charge is -2.18. The minimum atomic E-state index is 0. The van der Waals surface area contributed by atoms with Gasteiger partial charge in [0.1, 0.15) is 0 Å². The molecule has 3 heteroatoms. The van der Waals surface area contributed by atoms with Gasteiger partial charge in [-0.2, -0.15) is 0 Å². The lowest BCUT2D eigenvalue weighted by Crippen LogP contribution is -2.20. The number of hydrogen-bond acceptors (Lipinski definition) is 2. The predicted molar refractivity (Wildman–Crippen MR) is 70.4 cm³/mol. The Morgan fingerprint density at radius 2 is 2.19 bits per heavy atom. The first-order valence-electron chi connectivity index (χ1n) is 5.89. The molecule has 1 aromatic rings. The largest absolute Gasteiger partial charge is 0.384 e. The summed E-state index contributed by atoms with van der Waals surface area (Å²) in [5, 5.41) is 3.51. The molecule has 0 bridgehead atoms. The quantitative estimate of drug-likeness (QED) is 0.871. The van der Waals surface area contributed by atoms with Crippen LogP contribution in [0.25, 0.3) is 0 Å². The molecule has 2 nitrogen and oxygen atoms in total. The van der Waals surface area contributed by atoms with Crippen LogP contribution in [0, 0.1) is 0 Å². The number of rotatable bonds is 3. The van der Waals surface area contributed by atoms with Gasteiger partial charge in [0.05, 0.1) is 0 Å². The van der Waals surface area contributed by atoms with Crippen molar-refractivity contribution in [2.75, 3.05) is 18.9 Å².